The number of aryl methyl sites for hydroxylation is 1. The van der Waals surface area contributed by atoms with E-state index in [0.29, 0.717) is 29.5 Å². The van der Waals surface area contributed by atoms with Gasteiger partial charge in [-0.2, -0.15) is 0 Å². The van der Waals surface area contributed by atoms with Gasteiger partial charge in [-0.3, -0.25) is 9.69 Å². The minimum absolute atomic E-state index is 0.142. The third-order valence-corrected chi connectivity index (χ3v) is 8.05. The summed E-state index contributed by atoms with van der Waals surface area (Å²) in [7, 11) is 0. The monoisotopic (exact) mass is 538 g/mol. The number of fused-ring (bicyclic) bond motifs is 1. The van der Waals surface area contributed by atoms with Crippen molar-refractivity contribution < 1.29 is 0 Å². The SMILES string of the molecule is Cc1ccc2cc([C@@H](c3nnnn3C3CCCC3)N(Cc3ccccc3)Cc3ccccc3Cl)c(=O)[nH]c2c1. The van der Waals surface area contributed by atoms with Crippen LogP contribution in [0.15, 0.2) is 83.7 Å². The van der Waals surface area contributed by atoms with Gasteiger partial charge in [0.05, 0.1) is 6.04 Å². The highest BCUT2D eigenvalue weighted by molar-refractivity contribution is 6.31. The maximum absolute atomic E-state index is 13.8. The first-order chi connectivity index (χ1) is 19.1. The molecule has 5 aromatic rings. The smallest absolute Gasteiger partial charge is 0.253 e. The molecule has 0 amide bonds. The zero-order valence-electron chi connectivity index (χ0n) is 21.9. The van der Waals surface area contributed by atoms with Crippen LogP contribution < -0.4 is 5.56 Å². The standard InChI is InChI=1S/C31H31ClN6O/c1-21-15-16-23-18-26(31(39)33-28(23)17-21)29(30-34-35-36-38(30)25-12-6-7-13-25)37(19-22-9-3-2-4-10-22)20-24-11-5-8-14-27(24)32/h2-5,8-11,14-18,25,29H,6-7,12-13,19-20H2,1H3,(H,33,39)/t29-/m0/s1. The van der Waals surface area contributed by atoms with Gasteiger partial charge in [-0.15, -0.1) is 5.10 Å². The number of tetrazole rings is 1. The van der Waals surface area contributed by atoms with Gasteiger partial charge >= 0.3 is 0 Å². The van der Waals surface area contributed by atoms with Crippen molar-refractivity contribution in [3.05, 3.63) is 122 Å². The van der Waals surface area contributed by atoms with E-state index in [1.807, 2.05) is 66.2 Å². The van der Waals surface area contributed by atoms with E-state index in [2.05, 4.69) is 49.7 Å². The molecule has 8 heteroatoms. The third kappa shape index (κ3) is 5.37. The van der Waals surface area contributed by atoms with Crippen LogP contribution in [0.3, 0.4) is 0 Å². The van der Waals surface area contributed by atoms with Crippen LogP contribution >= 0.6 is 11.6 Å². The predicted octanol–water partition coefficient (Wildman–Crippen LogP) is 6.38. The quantitative estimate of drug-likeness (QED) is 0.248. The molecule has 7 nitrogen and oxygen atoms in total. The van der Waals surface area contributed by atoms with Gasteiger partial charge in [0.25, 0.3) is 5.56 Å². The zero-order chi connectivity index (χ0) is 26.8. The summed E-state index contributed by atoms with van der Waals surface area (Å²) in [4.78, 5) is 19.2. The minimum Gasteiger partial charge on any atom is -0.322 e. The van der Waals surface area contributed by atoms with Crippen LogP contribution in [-0.2, 0) is 13.1 Å². The minimum atomic E-state index is -0.494. The topological polar surface area (TPSA) is 79.7 Å². The van der Waals surface area contributed by atoms with Crippen molar-refractivity contribution in [3.8, 4) is 0 Å². The van der Waals surface area contributed by atoms with E-state index in [4.69, 9.17) is 11.6 Å². The van der Waals surface area contributed by atoms with Gasteiger partial charge in [0, 0.05) is 29.2 Å². The molecular weight excluding hydrogens is 508 g/mol. The molecule has 0 radical (unpaired) electrons. The number of rotatable bonds is 8. The predicted molar refractivity (Wildman–Crippen MR) is 154 cm³/mol. The molecule has 0 saturated heterocycles. The fourth-order valence-electron chi connectivity index (χ4n) is 5.73. The first kappa shape index (κ1) is 25.5. The molecular formula is C31H31ClN6O. The number of H-pyrrole nitrogens is 1. The highest BCUT2D eigenvalue weighted by Gasteiger charge is 2.33. The van der Waals surface area contributed by atoms with Gasteiger partial charge < -0.3 is 4.98 Å². The van der Waals surface area contributed by atoms with Gasteiger partial charge in [-0.05, 0) is 70.5 Å². The zero-order valence-corrected chi connectivity index (χ0v) is 22.7. The Balaban J connectivity index is 1.54. The van der Waals surface area contributed by atoms with Crippen molar-refractivity contribution in [1.82, 2.24) is 30.1 Å². The van der Waals surface area contributed by atoms with Crippen molar-refractivity contribution in [2.75, 3.05) is 0 Å². The van der Waals surface area contributed by atoms with E-state index >= 15 is 0 Å². The van der Waals surface area contributed by atoms with E-state index < -0.39 is 6.04 Å². The lowest BCUT2D eigenvalue weighted by molar-refractivity contribution is 0.190. The molecule has 198 valence electrons. The fraction of sp³-hybridized carbons (Fsp3) is 0.290. The molecule has 1 saturated carbocycles. The third-order valence-electron chi connectivity index (χ3n) is 7.68. The maximum Gasteiger partial charge on any atom is 0.253 e. The number of nitrogens with one attached hydrogen (secondary N) is 1. The molecule has 0 bridgehead atoms. The van der Waals surface area contributed by atoms with Crippen LogP contribution in [0.4, 0.5) is 0 Å². The Hall–Kier alpha value is -3.81. The number of hydrogen-bond acceptors (Lipinski definition) is 5. The Kier molecular flexibility index (Phi) is 7.26. The Labute approximate surface area is 232 Å². The Bertz CT molecular complexity index is 1640. The summed E-state index contributed by atoms with van der Waals surface area (Å²) in [6.45, 7) is 3.12. The number of nitrogens with zero attached hydrogens (tertiary/aromatic N) is 5. The lowest BCUT2D eigenvalue weighted by Gasteiger charge is -2.32. The van der Waals surface area contributed by atoms with Crippen LogP contribution in [0.5, 0.6) is 0 Å². The fourth-order valence-corrected chi connectivity index (χ4v) is 5.92. The molecule has 2 aromatic heterocycles. The van der Waals surface area contributed by atoms with E-state index in [1.165, 1.54) is 0 Å². The molecule has 1 aliphatic carbocycles. The number of aromatic amines is 1. The average molecular weight is 539 g/mol. The molecule has 2 heterocycles. The molecule has 1 N–H and O–H groups in total. The summed E-state index contributed by atoms with van der Waals surface area (Å²) in [6.07, 6.45) is 4.36. The van der Waals surface area contributed by atoms with Crippen LogP contribution in [0.25, 0.3) is 10.9 Å². The Morgan fingerprint density at radius 2 is 1.77 bits per heavy atom. The van der Waals surface area contributed by atoms with Crippen molar-refractivity contribution in [1.29, 1.82) is 0 Å². The summed E-state index contributed by atoms with van der Waals surface area (Å²) in [5.41, 5.74) is 4.49. The molecule has 1 aliphatic rings. The number of aromatic nitrogens is 5. The molecule has 6 rings (SSSR count). The Morgan fingerprint density at radius 1 is 1.00 bits per heavy atom. The van der Waals surface area contributed by atoms with Gasteiger partial charge in [-0.1, -0.05) is 85.1 Å². The molecule has 3 aromatic carbocycles. The number of pyridine rings is 1. The van der Waals surface area contributed by atoms with Crippen molar-refractivity contribution in [3.63, 3.8) is 0 Å². The molecule has 39 heavy (non-hydrogen) atoms. The second kappa shape index (κ2) is 11.1. The first-order valence-electron chi connectivity index (χ1n) is 13.5. The molecule has 0 spiro atoms. The lowest BCUT2D eigenvalue weighted by atomic mass is 10.0. The second-order valence-electron chi connectivity index (χ2n) is 10.4. The maximum atomic E-state index is 13.8. The van der Waals surface area contributed by atoms with E-state index in [9.17, 15) is 4.79 Å². The van der Waals surface area contributed by atoms with Crippen LogP contribution in [0.1, 0.15) is 65.8 Å². The van der Waals surface area contributed by atoms with E-state index in [-0.39, 0.29) is 11.6 Å². The van der Waals surface area contributed by atoms with E-state index in [0.717, 1.165) is 53.3 Å². The van der Waals surface area contributed by atoms with Crippen LogP contribution in [0, 0.1) is 6.92 Å². The highest BCUT2D eigenvalue weighted by Crippen LogP contribution is 2.35. The van der Waals surface area contributed by atoms with Gasteiger partial charge in [0.15, 0.2) is 5.82 Å². The summed E-state index contributed by atoms with van der Waals surface area (Å²) in [5, 5.41) is 14.8. The summed E-state index contributed by atoms with van der Waals surface area (Å²) >= 11 is 6.67. The second-order valence-corrected chi connectivity index (χ2v) is 10.9. The first-order valence-corrected chi connectivity index (χ1v) is 13.9. The molecule has 1 atom stereocenters. The lowest BCUT2D eigenvalue weighted by Crippen LogP contribution is -2.35. The largest absolute Gasteiger partial charge is 0.322 e. The molecule has 0 unspecified atom stereocenters. The number of hydrogen-bond donors (Lipinski definition) is 1. The summed E-state index contributed by atoms with van der Waals surface area (Å²) in [6, 6.07) is 26.0. The normalized spacial score (nSPS) is 14.8. The average Bonchev–Trinajstić information content (AvgIpc) is 3.64. The Morgan fingerprint density at radius 3 is 2.56 bits per heavy atom. The number of benzene rings is 3. The van der Waals surface area contributed by atoms with Crippen molar-refractivity contribution in [2.45, 2.75) is 57.8 Å². The molecule has 0 aliphatic heterocycles. The van der Waals surface area contributed by atoms with Crippen molar-refractivity contribution >= 4 is 22.5 Å². The number of halogens is 1. The summed E-state index contributed by atoms with van der Waals surface area (Å²) in [5.74, 6) is 0.682. The molecule has 1 fully saturated rings. The van der Waals surface area contributed by atoms with E-state index in [1.54, 1.807) is 0 Å². The van der Waals surface area contributed by atoms with Gasteiger partial charge in [-0.25, -0.2) is 4.68 Å². The van der Waals surface area contributed by atoms with Crippen LogP contribution in [-0.4, -0.2) is 30.1 Å². The van der Waals surface area contributed by atoms with Gasteiger partial charge in [0.2, 0.25) is 0 Å². The highest BCUT2D eigenvalue weighted by atomic mass is 35.5. The van der Waals surface area contributed by atoms with Crippen LogP contribution in [0.2, 0.25) is 5.02 Å². The van der Waals surface area contributed by atoms with Crippen molar-refractivity contribution in [2.24, 2.45) is 0 Å². The summed E-state index contributed by atoms with van der Waals surface area (Å²) < 4.78 is 1.96. The van der Waals surface area contributed by atoms with Gasteiger partial charge in [0.1, 0.15) is 6.04 Å².